The number of ether oxygens (including phenoxy) is 2. The maximum absolute atomic E-state index is 5.57. The van der Waals surface area contributed by atoms with Gasteiger partial charge in [-0.3, -0.25) is 5.32 Å². The first-order valence-electron chi connectivity index (χ1n) is 5.10. The van der Waals surface area contributed by atoms with E-state index < -0.39 is 0 Å². The number of nitrogens with one attached hydrogen (secondary N) is 1. The van der Waals surface area contributed by atoms with Crippen LogP contribution < -0.4 is 5.32 Å². The van der Waals surface area contributed by atoms with Crippen molar-refractivity contribution in [1.82, 2.24) is 15.3 Å². The van der Waals surface area contributed by atoms with Crippen LogP contribution in [-0.2, 0) is 15.0 Å². The summed E-state index contributed by atoms with van der Waals surface area (Å²) < 4.78 is 11.1. The number of hydrogen-bond donors (Lipinski definition) is 1. The van der Waals surface area contributed by atoms with Crippen LogP contribution in [0.25, 0.3) is 0 Å². The molecule has 5 heteroatoms. The quantitative estimate of drug-likeness (QED) is 0.684. The van der Waals surface area contributed by atoms with Crippen LogP contribution in [0.15, 0.2) is 18.5 Å². The van der Waals surface area contributed by atoms with Crippen LogP contribution >= 0.6 is 0 Å². The Morgan fingerprint density at radius 1 is 1.20 bits per heavy atom. The van der Waals surface area contributed by atoms with Gasteiger partial charge in [0, 0.05) is 12.4 Å². The minimum Gasteiger partial charge on any atom is -0.377 e. The number of nitrogens with zero attached hydrogens (tertiary/aromatic N) is 2. The lowest BCUT2D eigenvalue weighted by molar-refractivity contribution is -0.108. The molecular formula is C10H13N3O2. The van der Waals surface area contributed by atoms with Gasteiger partial charge in [-0.05, 0) is 6.07 Å². The number of morpholine rings is 2. The van der Waals surface area contributed by atoms with E-state index in [1.165, 1.54) is 0 Å². The summed E-state index contributed by atoms with van der Waals surface area (Å²) >= 11 is 0. The van der Waals surface area contributed by atoms with Crippen molar-refractivity contribution in [3.8, 4) is 0 Å². The van der Waals surface area contributed by atoms with Gasteiger partial charge in [-0.2, -0.15) is 0 Å². The first kappa shape index (κ1) is 9.21. The molecule has 2 aliphatic rings. The van der Waals surface area contributed by atoms with Crippen molar-refractivity contribution in [2.75, 3.05) is 26.4 Å². The van der Waals surface area contributed by atoms with E-state index in [4.69, 9.17) is 9.47 Å². The van der Waals surface area contributed by atoms with E-state index in [0.717, 1.165) is 5.82 Å². The van der Waals surface area contributed by atoms with Crippen LogP contribution in [0.1, 0.15) is 5.82 Å². The highest BCUT2D eigenvalue weighted by Gasteiger charge is 2.44. The molecule has 5 nitrogen and oxygen atoms in total. The Kier molecular flexibility index (Phi) is 2.16. The van der Waals surface area contributed by atoms with Crippen molar-refractivity contribution in [2.45, 2.75) is 11.6 Å². The standard InChI is InChI=1S/C10H13N3O2/c1-2-11-9(12-3-1)10-6-14-4-8(13-10)5-15-7-10/h1-3,8,13H,4-7H2. The minimum absolute atomic E-state index is 0.260. The number of rotatable bonds is 1. The lowest BCUT2D eigenvalue weighted by Gasteiger charge is -2.44. The third-order valence-electron chi connectivity index (χ3n) is 2.81. The molecule has 3 rings (SSSR count). The summed E-state index contributed by atoms with van der Waals surface area (Å²) in [6, 6.07) is 2.07. The third kappa shape index (κ3) is 1.52. The maximum Gasteiger partial charge on any atom is 0.152 e. The lowest BCUT2D eigenvalue weighted by atomic mass is 9.95. The zero-order chi connectivity index (χ0) is 10.1. The monoisotopic (exact) mass is 207 g/mol. The molecule has 80 valence electrons. The molecule has 0 saturated carbocycles. The van der Waals surface area contributed by atoms with Gasteiger partial charge < -0.3 is 9.47 Å². The predicted octanol–water partition coefficient (Wildman–Crippen LogP) is -0.310. The largest absolute Gasteiger partial charge is 0.377 e. The van der Waals surface area contributed by atoms with Crippen molar-refractivity contribution in [3.63, 3.8) is 0 Å². The number of fused-ring (bicyclic) bond motifs is 2. The Bertz CT molecular complexity index is 334. The van der Waals surface area contributed by atoms with Gasteiger partial charge in [-0.25, -0.2) is 9.97 Å². The van der Waals surface area contributed by atoms with Crippen molar-refractivity contribution in [3.05, 3.63) is 24.3 Å². The fraction of sp³-hybridized carbons (Fsp3) is 0.600. The van der Waals surface area contributed by atoms with E-state index in [1.807, 2.05) is 6.07 Å². The van der Waals surface area contributed by atoms with Crippen molar-refractivity contribution >= 4 is 0 Å². The molecule has 15 heavy (non-hydrogen) atoms. The molecule has 0 radical (unpaired) electrons. The Morgan fingerprint density at radius 3 is 2.53 bits per heavy atom. The summed E-state index contributed by atoms with van der Waals surface area (Å²) in [5.41, 5.74) is -0.345. The predicted molar refractivity (Wildman–Crippen MR) is 52.3 cm³/mol. The fourth-order valence-corrected chi connectivity index (χ4v) is 2.14. The van der Waals surface area contributed by atoms with Gasteiger partial charge in [0.2, 0.25) is 0 Å². The van der Waals surface area contributed by atoms with Crippen molar-refractivity contribution in [2.24, 2.45) is 0 Å². The lowest BCUT2D eigenvalue weighted by Crippen LogP contribution is -2.64. The van der Waals surface area contributed by atoms with E-state index in [9.17, 15) is 0 Å². The molecule has 2 fully saturated rings. The summed E-state index contributed by atoms with van der Waals surface area (Å²) in [5, 5.41) is 3.51. The minimum atomic E-state index is -0.345. The highest BCUT2D eigenvalue weighted by molar-refractivity contribution is 5.11. The molecule has 1 aromatic heterocycles. The fourth-order valence-electron chi connectivity index (χ4n) is 2.14. The smallest absolute Gasteiger partial charge is 0.152 e. The molecule has 0 aromatic carbocycles. The maximum atomic E-state index is 5.57. The zero-order valence-electron chi connectivity index (χ0n) is 8.35. The summed E-state index contributed by atoms with van der Waals surface area (Å²) in [4.78, 5) is 8.56. The summed E-state index contributed by atoms with van der Waals surface area (Å²) in [6.07, 6.45) is 3.49. The van der Waals surface area contributed by atoms with E-state index in [-0.39, 0.29) is 11.6 Å². The Balaban J connectivity index is 1.95. The zero-order valence-corrected chi connectivity index (χ0v) is 8.35. The van der Waals surface area contributed by atoms with E-state index in [0.29, 0.717) is 26.4 Å². The average Bonchev–Trinajstić information content (AvgIpc) is 2.30. The van der Waals surface area contributed by atoms with Crippen molar-refractivity contribution in [1.29, 1.82) is 0 Å². The molecular weight excluding hydrogens is 194 g/mol. The average molecular weight is 207 g/mol. The number of aromatic nitrogens is 2. The van der Waals surface area contributed by atoms with Crippen LogP contribution in [0.4, 0.5) is 0 Å². The van der Waals surface area contributed by atoms with Gasteiger partial charge >= 0.3 is 0 Å². The second kappa shape index (κ2) is 3.52. The van der Waals surface area contributed by atoms with Crippen LogP contribution in [0.3, 0.4) is 0 Å². The Hall–Kier alpha value is -1.04. The molecule has 2 aliphatic heterocycles. The van der Waals surface area contributed by atoms with Crippen LogP contribution in [0, 0.1) is 0 Å². The molecule has 0 aliphatic carbocycles. The molecule has 2 bridgehead atoms. The number of hydrogen-bond acceptors (Lipinski definition) is 5. The van der Waals surface area contributed by atoms with Gasteiger partial charge in [0.25, 0.3) is 0 Å². The summed E-state index contributed by atoms with van der Waals surface area (Å²) in [5.74, 6) is 0.759. The van der Waals surface area contributed by atoms with Gasteiger partial charge in [-0.15, -0.1) is 0 Å². The van der Waals surface area contributed by atoms with Crippen LogP contribution in [0.2, 0.25) is 0 Å². The normalized spacial score (nSPS) is 35.1. The second-order valence-electron chi connectivity index (χ2n) is 4.03. The molecule has 0 atom stereocenters. The SMILES string of the molecule is c1cnc(C23COCC(COC2)N3)nc1. The van der Waals surface area contributed by atoms with Crippen molar-refractivity contribution < 1.29 is 9.47 Å². The molecule has 0 amide bonds. The molecule has 3 heterocycles. The Morgan fingerprint density at radius 2 is 1.87 bits per heavy atom. The summed E-state index contributed by atoms with van der Waals surface area (Å²) in [7, 11) is 0. The molecule has 0 spiro atoms. The first-order chi connectivity index (χ1) is 7.39. The highest BCUT2D eigenvalue weighted by Crippen LogP contribution is 2.26. The van der Waals surface area contributed by atoms with Crippen LogP contribution in [0.5, 0.6) is 0 Å². The van der Waals surface area contributed by atoms with E-state index >= 15 is 0 Å². The molecule has 1 N–H and O–H groups in total. The van der Waals surface area contributed by atoms with Gasteiger partial charge in [0.05, 0.1) is 32.5 Å². The second-order valence-corrected chi connectivity index (χ2v) is 4.03. The van der Waals surface area contributed by atoms with E-state index in [1.54, 1.807) is 12.4 Å². The molecule has 2 saturated heterocycles. The molecule has 0 unspecified atom stereocenters. The first-order valence-corrected chi connectivity index (χ1v) is 5.10. The van der Waals surface area contributed by atoms with Crippen LogP contribution in [-0.4, -0.2) is 42.4 Å². The highest BCUT2D eigenvalue weighted by atomic mass is 16.5. The van der Waals surface area contributed by atoms with Gasteiger partial charge in [0.1, 0.15) is 5.54 Å². The van der Waals surface area contributed by atoms with Gasteiger partial charge in [-0.1, -0.05) is 0 Å². The van der Waals surface area contributed by atoms with E-state index in [2.05, 4.69) is 15.3 Å². The molecule has 1 aromatic rings. The van der Waals surface area contributed by atoms with Gasteiger partial charge in [0.15, 0.2) is 5.82 Å². The Labute approximate surface area is 87.8 Å². The third-order valence-corrected chi connectivity index (χ3v) is 2.81. The summed E-state index contributed by atoms with van der Waals surface area (Å²) in [6.45, 7) is 2.56. The topological polar surface area (TPSA) is 56.3 Å².